The Kier molecular flexibility index (Phi) is 17.7. The monoisotopic (exact) mass is 574 g/mol. The van der Waals surface area contributed by atoms with Gasteiger partial charge in [0.15, 0.2) is 0 Å². The summed E-state index contributed by atoms with van der Waals surface area (Å²) < 4.78 is 41.7. The van der Waals surface area contributed by atoms with Gasteiger partial charge >= 0.3 is 0 Å². The van der Waals surface area contributed by atoms with Crippen molar-refractivity contribution < 1.29 is 26.9 Å². The van der Waals surface area contributed by atoms with E-state index in [0.29, 0.717) is 32.5 Å². The molecular weight excluding hydrogens is 524 g/mol. The Hall–Kier alpha value is -2.06. The molecule has 6 nitrogen and oxygen atoms in total. The van der Waals surface area contributed by atoms with Gasteiger partial charge in [0.2, 0.25) is 0 Å². The first kappa shape index (κ1) is 34.1. The SMILES string of the molecule is CCCCCCCCCCCCC(=O)CC[C@H](OCc1ccccc1)[C@@H](COCc1ccccc1)OS(C)(=O)=O. The van der Waals surface area contributed by atoms with E-state index in [-0.39, 0.29) is 12.4 Å². The van der Waals surface area contributed by atoms with Crippen LogP contribution in [0.15, 0.2) is 60.7 Å². The number of Topliss-reactive ketones (excluding diaryl/α,β-unsaturated/α-hetero) is 1. The van der Waals surface area contributed by atoms with Crippen molar-refractivity contribution in [2.75, 3.05) is 12.9 Å². The molecule has 0 amide bonds. The molecule has 0 N–H and O–H groups in total. The van der Waals surface area contributed by atoms with Crippen molar-refractivity contribution in [3.8, 4) is 0 Å². The van der Waals surface area contributed by atoms with Gasteiger partial charge in [-0.25, -0.2) is 0 Å². The maximum absolute atomic E-state index is 12.7. The van der Waals surface area contributed by atoms with Crippen molar-refractivity contribution in [3.63, 3.8) is 0 Å². The summed E-state index contributed by atoms with van der Waals surface area (Å²) in [6.07, 6.45) is 13.1. The molecule has 0 unspecified atom stereocenters. The highest BCUT2D eigenvalue weighted by Gasteiger charge is 2.28. The summed E-state index contributed by atoms with van der Waals surface area (Å²) in [4.78, 5) is 12.7. The molecular formula is C33H50O6S. The molecule has 2 rings (SSSR count). The lowest BCUT2D eigenvalue weighted by atomic mass is 10.0. The van der Waals surface area contributed by atoms with E-state index in [1.54, 1.807) is 0 Å². The van der Waals surface area contributed by atoms with Crippen LogP contribution in [-0.2, 0) is 41.8 Å². The highest BCUT2D eigenvalue weighted by molar-refractivity contribution is 7.86. The van der Waals surface area contributed by atoms with Crippen LogP contribution in [0.5, 0.6) is 0 Å². The maximum Gasteiger partial charge on any atom is 0.264 e. The van der Waals surface area contributed by atoms with Crippen molar-refractivity contribution in [2.45, 2.75) is 116 Å². The van der Waals surface area contributed by atoms with E-state index >= 15 is 0 Å². The van der Waals surface area contributed by atoms with E-state index in [9.17, 15) is 13.2 Å². The van der Waals surface area contributed by atoms with Gasteiger partial charge in [-0.15, -0.1) is 0 Å². The minimum absolute atomic E-state index is 0.0358. The Labute approximate surface area is 242 Å². The highest BCUT2D eigenvalue weighted by Crippen LogP contribution is 2.19. The number of unbranched alkanes of at least 4 members (excludes halogenated alkanes) is 9. The number of hydrogen-bond acceptors (Lipinski definition) is 6. The van der Waals surface area contributed by atoms with Gasteiger partial charge < -0.3 is 9.47 Å². The van der Waals surface area contributed by atoms with Gasteiger partial charge in [-0.2, -0.15) is 8.42 Å². The van der Waals surface area contributed by atoms with E-state index < -0.39 is 22.3 Å². The average molecular weight is 575 g/mol. The molecule has 0 aliphatic heterocycles. The van der Waals surface area contributed by atoms with Crippen LogP contribution < -0.4 is 0 Å². The largest absolute Gasteiger partial charge is 0.374 e. The first-order chi connectivity index (χ1) is 19.4. The Balaban J connectivity index is 1.86. The molecule has 0 radical (unpaired) electrons. The van der Waals surface area contributed by atoms with E-state index in [4.69, 9.17) is 13.7 Å². The number of carbonyl (C=O) groups is 1. The number of ether oxygens (including phenoxy) is 2. The quantitative estimate of drug-likeness (QED) is 0.0940. The zero-order valence-electron chi connectivity index (χ0n) is 24.6. The van der Waals surface area contributed by atoms with Crippen LogP contribution in [0.25, 0.3) is 0 Å². The summed E-state index contributed by atoms with van der Waals surface area (Å²) in [5, 5.41) is 0. The molecule has 2 aromatic carbocycles. The zero-order chi connectivity index (χ0) is 28.9. The number of hydrogen-bond donors (Lipinski definition) is 0. The van der Waals surface area contributed by atoms with Crippen molar-refractivity contribution in [1.82, 2.24) is 0 Å². The van der Waals surface area contributed by atoms with Gasteiger partial charge in [0, 0.05) is 12.8 Å². The third kappa shape index (κ3) is 16.9. The molecule has 7 heteroatoms. The Bertz CT molecular complexity index is 1010. The molecule has 0 spiro atoms. The predicted octanol–water partition coefficient (Wildman–Crippen LogP) is 7.79. The van der Waals surface area contributed by atoms with Crippen LogP contribution in [0.2, 0.25) is 0 Å². The van der Waals surface area contributed by atoms with Gasteiger partial charge in [0.25, 0.3) is 10.1 Å². The summed E-state index contributed by atoms with van der Waals surface area (Å²) in [5.41, 5.74) is 1.95. The van der Waals surface area contributed by atoms with Crippen LogP contribution in [-0.4, -0.2) is 39.3 Å². The molecule has 0 bridgehead atoms. The molecule has 0 aromatic heterocycles. The second-order valence-electron chi connectivity index (χ2n) is 10.7. The van der Waals surface area contributed by atoms with Crippen LogP contribution in [0.1, 0.15) is 102 Å². The van der Waals surface area contributed by atoms with Gasteiger partial charge in [-0.05, 0) is 24.0 Å². The highest BCUT2D eigenvalue weighted by atomic mass is 32.2. The van der Waals surface area contributed by atoms with Crippen LogP contribution in [0.4, 0.5) is 0 Å². The van der Waals surface area contributed by atoms with Crippen molar-refractivity contribution in [3.05, 3.63) is 71.8 Å². The minimum atomic E-state index is -3.76. The van der Waals surface area contributed by atoms with Crippen LogP contribution in [0.3, 0.4) is 0 Å². The van der Waals surface area contributed by atoms with Gasteiger partial charge in [0.1, 0.15) is 11.9 Å². The molecule has 224 valence electrons. The minimum Gasteiger partial charge on any atom is -0.374 e. The predicted molar refractivity (Wildman–Crippen MR) is 162 cm³/mol. The van der Waals surface area contributed by atoms with Crippen LogP contribution in [0, 0.1) is 0 Å². The van der Waals surface area contributed by atoms with Crippen LogP contribution >= 0.6 is 0 Å². The fourth-order valence-corrected chi connectivity index (χ4v) is 5.31. The molecule has 0 saturated carbocycles. The number of ketones is 1. The van der Waals surface area contributed by atoms with Gasteiger partial charge in [-0.1, -0.05) is 125 Å². The molecule has 0 aliphatic carbocycles. The molecule has 40 heavy (non-hydrogen) atoms. The molecule has 0 heterocycles. The van der Waals surface area contributed by atoms with Crippen molar-refractivity contribution >= 4 is 15.9 Å². The third-order valence-electron chi connectivity index (χ3n) is 6.93. The standard InChI is InChI=1S/C33H50O6S/c1-3-4-5-6-7-8-9-10-11-18-23-31(34)24-25-32(38-27-30-21-16-13-17-22-30)33(39-40(2,35)36)28-37-26-29-19-14-12-15-20-29/h12-17,19-22,32-33H,3-11,18,23-28H2,1-2H3/t32-,33+/m0/s1. The first-order valence-electron chi connectivity index (χ1n) is 15.0. The average Bonchev–Trinajstić information content (AvgIpc) is 2.94. The summed E-state index contributed by atoms with van der Waals surface area (Å²) in [6.45, 7) is 2.89. The first-order valence-corrected chi connectivity index (χ1v) is 16.9. The summed E-state index contributed by atoms with van der Waals surface area (Å²) in [6, 6.07) is 19.4. The Morgan fingerprint density at radius 1 is 0.700 bits per heavy atom. The van der Waals surface area contributed by atoms with Gasteiger partial charge in [0.05, 0.1) is 32.2 Å². The van der Waals surface area contributed by atoms with Crippen molar-refractivity contribution in [1.29, 1.82) is 0 Å². The summed E-state index contributed by atoms with van der Waals surface area (Å²) in [5.74, 6) is 0.177. The topological polar surface area (TPSA) is 78.9 Å². The van der Waals surface area contributed by atoms with Gasteiger partial charge in [-0.3, -0.25) is 8.98 Å². The van der Waals surface area contributed by atoms with E-state index in [1.165, 1.54) is 51.4 Å². The fourth-order valence-electron chi connectivity index (χ4n) is 4.68. The zero-order valence-corrected chi connectivity index (χ0v) is 25.4. The summed E-state index contributed by atoms with van der Waals surface area (Å²) >= 11 is 0. The normalized spacial score (nSPS) is 13.2. The lowest BCUT2D eigenvalue weighted by molar-refractivity contribution is -0.121. The number of carbonyl (C=O) groups excluding carboxylic acids is 1. The molecule has 0 aliphatic rings. The lowest BCUT2D eigenvalue weighted by Gasteiger charge is -2.26. The van der Waals surface area contributed by atoms with E-state index in [0.717, 1.165) is 30.2 Å². The van der Waals surface area contributed by atoms with Crippen molar-refractivity contribution in [2.24, 2.45) is 0 Å². The van der Waals surface area contributed by atoms with E-state index in [1.807, 2.05) is 60.7 Å². The second kappa shape index (κ2) is 20.8. The molecule has 2 atom stereocenters. The Morgan fingerprint density at radius 2 is 1.23 bits per heavy atom. The second-order valence-corrected chi connectivity index (χ2v) is 12.3. The molecule has 0 fully saturated rings. The summed E-state index contributed by atoms with van der Waals surface area (Å²) in [7, 11) is -3.76. The molecule has 0 saturated heterocycles. The maximum atomic E-state index is 12.7. The fraction of sp³-hybridized carbons (Fsp3) is 0.606. The number of rotatable bonds is 24. The Morgan fingerprint density at radius 3 is 1.77 bits per heavy atom. The lowest BCUT2D eigenvalue weighted by Crippen LogP contribution is -2.37. The smallest absolute Gasteiger partial charge is 0.264 e. The molecule has 2 aromatic rings. The number of benzene rings is 2. The third-order valence-corrected chi connectivity index (χ3v) is 7.53. The van der Waals surface area contributed by atoms with E-state index in [2.05, 4.69) is 6.92 Å².